The molecule has 46 valence electrons. The highest BCUT2D eigenvalue weighted by molar-refractivity contribution is 5.81. The molecule has 0 bridgehead atoms. The van der Waals surface area contributed by atoms with E-state index in [1.54, 1.807) is 0 Å². The van der Waals surface area contributed by atoms with Crippen molar-refractivity contribution in [2.45, 2.75) is 12.6 Å². The van der Waals surface area contributed by atoms with Crippen LogP contribution in [0.2, 0.25) is 0 Å². The largest absolute Gasteiger partial charge is 0.294 e. The van der Waals surface area contributed by atoms with Crippen LogP contribution in [0.3, 0.4) is 0 Å². The summed E-state index contributed by atoms with van der Waals surface area (Å²) in [4.78, 5) is 10.3. The lowest BCUT2D eigenvalue weighted by atomic mass is 10.4. The van der Waals surface area contributed by atoms with Crippen molar-refractivity contribution >= 4 is 5.91 Å². The predicted molar refractivity (Wildman–Crippen MR) is 25.3 cm³/mol. The van der Waals surface area contributed by atoms with Gasteiger partial charge < -0.3 is 0 Å². The van der Waals surface area contributed by atoms with E-state index in [4.69, 9.17) is 5.84 Å². The van der Waals surface area contributed by atoms with Crippen LogP contribution in [0.4, 0.5) is 4.39 Å². The van der Waals surface area contributed by atoms with Gasteiger partial charge >= 0.3 is 0 Å². The van der Waals surface area contributed by atoms with Crippen molar-refractivity contribution in [1.82, 2.24) is 5.43 Å². The first-order valence-corrected chi connectivity index (χ1v) is 2.40. The normalized spacial score (nSPS) is 34.2. The summed E-state index contributed by atoms with van der Waals surface area (Å²) >= 11 is 0. The van der Waals surface area contributed by atoms with Gasteiger partial charge in [0, 0.05) is 0 Å². The van der Waals surface area contributed by atoms with Gasteiger partial charge in [0.05, 0.1) is 5.92 Å². The number of carbonyl (C=O) groups is 1. The predicted octanol–water partition coefficient (Wildman–Crippen LogP) is -0.666. The van der Waals surface area contributed by atoms with E-state index in [1.165, 1.54) is 0 Å². The first-order valence-electron chi connectivity index (χ1n) is 2.40. The molecule has 0 saturated heterocycles. The average molecular weight is 118 g/mol. The summed E-state index contributed by atoms with van der Waals surface area (Å²) in [6.45, 7) is 0. The summed E-state index contributed by atoms with van der Waals surface area (Å²) in [6, 6.07) is 0. The molecule has 2 unspecified atom stereocenters. The molecule has 1 saturated carbocycles. The van der Waals surface area contributed by atoms with Gasteiger partial charge in [0.25, 0.3) is 0 Å². The molecule has 1 rings (SSSR count). The fourth-order valence-electron chi connectivity index (χ4n) is 0.542. The van der Waals surface area contributed by atoms with Crippen LogP contribution in [0.1, 0.15) is 6.42 Å². The van der Waals surface area contributed by atoms with E-state index in [2.05, 4.69) is 0 Å². The molecule has 1 amide bonds. The van der Waals surface area contributed by atoms with Crippen LogP contribution in [-0.2, 0) is 4.79 Å². The lowest BCUT2D eigenvalue weighted by Gasteiger charge is -1.90. The van der Waals surface area contributed by atoms with Crippen molar-refractivity contribution in [2.75, 3.05) is 0 Å². The monoisotopic (exact) mass is 118 g/mol. The molecule has 3 nitrogen and oxygen atoms in total. The van der Waals surface area contributed by atoms with Crippen LogP contribution in [0.15, 0.2) is 0 Å². The third-order valence-electron chi connectivity index (χ3n) is 1.19. The highest BCUT2D eigenvalue weighted by atomic mass is 19.1. The molecule has 0 aromatic heterocycles. The first-order chi connectivity index (χ1) is 3.75. The zero-order chi connectivity index (χ0) is 6.15. The number of hydrogen-bond acceptors (Lipinski definition) is 2. The molecule has 0 aliphatic heterocycles. The Balaban J connectivity index is 2.28. The number of nitrogens with two attached hydrogens (primary N) is 1. The summed E-state index contributed by atoms with van der Waals surface area (Å²) in [5, 5.41) is 0. The summed E-state index contributed by atoms with van der Waals surface area (Å²) in [5.41, 5.74) is 1.88. The summed E-state index contributed by atoms with van der Waals surface area (Å²) in [7, 11) is 0. The molecule has 0 heterocycles. The summed E-state index contributed by atoms with van der Waals surface area (Å²) in [6.07, 6.45) is -0.609. The van der Waals surface area contributed by atoms with E-state index in [1.807, 2.05) is 5.43 Å². The number of hydrogen-bond donors (Lipinski definition) is 2. The second kappa shape index (κ2) is 1.70. The molecule has 1 aliphatic rings. The van der Waals surface area contributed by atoms with Crippen molar-refractivity contribution in [3.8, 4) is 0 Å². The number of halogens is 1. The zero-order valence-corrected chi connectivity index (χ0v) is 4.23. The minimum atomic E-state index is -0.946. The smallest absolute Gasteiger partial charge is 0.240 e. The van der Waals surface area contributed by atoms with Crippen LogP contribution < -0.4 is 11.3 Å². The molecule has 1 fully saturated rings. The third kappa shape index (κ3) is 0.790. The molecule has 8 heavy (non-hydrogen) atoms. The number of amides is 1. The van der Waals surface area contributed by atoms with Crippen molar-refractivity contribution in [2.24, 2.45) is 11.8 Å². The van der Waals surface area contributed by atoms with Crippen LogP contribution >= 0.6 is 0 Å². The van der Waals surface area contributed by atoms with Crippen LogP contribution in [0.25, 0.3) is 0 Å². The van der Waals surface area contributed by atoms with E-state index in [0.29, 0.717) is 6.42 Å². The Hall–Kier alpha value is -0.640. The van der Waals surface area contributed by atoms with Crippen molar-refractivity contribution < 1.29 is 9.18 Å². The van der Waals surface area contributed by atoms with Gasteiger partial charge in [0.15, 0.2) is 0 Å². The number of hydrazine groups is 1. The van der Waals surface area contributed by atoms with Gasteiger partial charge in [0.1, 0.15) is 6.17 Å². The molecule has 1 aliphatic carbocycles. The van der Waals surface area contributed by atoms with Crippen molar-refractivity contribution in [3.05, 3.63) is 0 Å². The number of nitrogens with one attached hydrogen (secondary N) is 1. The van der Waals surface area contributed by atoms with E-state index in [-0.39, 0.29) is 0 Å². The first kappa shape index (κ1) is 5.50. The van der Waals surface area contributed by atoms with Crippen molar-refractivity contribution in [1.29, 1.82) is 0 Å². The van der Waals surface area contributed by atoms with Gasteiger partial charge in [-0.1, -0.05) is 0 Å². The lowest BCUT2D eigenvalue weighted by molar-refractivity contribution is -0.122. The Labute approximate surface area is 46.0 Å². The van der Waals surface area contributed by atoms with Crippen LogP contribution in [-0.4, -0.2) is 12.1 Å². The zero-order valence-electron chi connectivity index (χ0n) is 4.23. The molecule has 3 N–H and O–H groups in total. The molecule has 0 radical (unpaired) electrons. The van der Waals surface area contributed by atoms with E-state index < -0.39 is 18.0 Å². The second-order valence-corrected chi connectivity index (χ2v) is 1.87. The highest BCUT2D eigenvalue weighted by Gasteiger charge is 2.43. The molecular formula is C4H7FN2O. The molecule has 2 atom stereocenters. The van der Waals surface area contributed by atoms with E-state index in [0.717, 1.165) is 0 Å². The summed E-state index contributed by atoms with van der Waals surface area (Å²) in [5.74, 6) is 3.86. The van der Waals surface area contributed by atoms with Crippen molar-refractivity contribution in [3.63, 3.8) is 0 Å². The van der Waals surface area contributed by atoms with Gasteiger partial charge in [-0.3, -0.25) is 10.2 Å². The minimum absolute atomic E-state index is 0.336. The molecular weight excluding hydrogens is 111 g/mol. The minimum Gasteiger partial charge on any atom is -0.294 e. The topological polar surface area (TPSA) is 55.1 Å². The van der Waals surface area contributed by atoms with Gasteiger partial charge in [0.2, 0.25) is 5.91 Å². The van der Waals surface area contributed by atoms with Crippen LogP contribution in [0, 0.1) is 5.92 Å². The van der Waals surface area contributed by atoms with Crippen LogP contribution in [0.5, 0.6) is 0 Å². The maximum absolute atomic E-state index is 11.9. The Kier molecular flexibility index (Phi) is 1.17. The molecule has 4 heteroatoms. The molecule has 0 spiro atoms. The fraction of sp³-hybridized carbons (Fsp3) is 0.750. The Morgan fingerprint density at radius 2 is 2.38 bits per heavy atom. The van der Waals surface area contributed by atoms with Gasteiger partial charge in [-0.15, -0.1) is 0 Å². The Bertz CT molecular complexity index is 117. The quantitative estimate of drug-likeness (QED) is 0.272. The highest BCUT2D eigenvalue weighted by Crippen LogP contribution is 2.33. The maximum atomic E-state index is 11.9. The Morgan fingerprint density at radius 1 is 1.88 bits per heavy atom. The van der Waals surface area contributed by atoms with Gasteiger partial charge in [-0.25, -0.2) is 10.2 Å². The van der Waals surface area contributed by atoms with E-state index in [9.17, 15) is 9.18 Å². The average Bonchev–Trinajstić information content (AvgIpc) is 2.45. The standard InChI is InChI=1S/C4H7FN2O/c5-3-1-2(3)4(8)7-6/h2-3H,1,6H2,(H,7,8). The molecule has 0 aromatic rings. The second-order valence-electron chi connectivity index (χ2n) is 1.87. The van der Waals surface area contributed by atoms with Gasteiger partial charge in [-0.05, 0) is 6.42 Å². The lowest BCUT2D eigenvalue weighted by Crippen LogP contribution is -2.31. The number of alkyl halides is 1. The van der Waals surface area contributed by atoms with Gasteiger partial charge in [-0.2, -0.15) is 0 Å². The summed E-state index contributed by atoms with van der Waals surface area (Å²) < 4.78 is 11.9. The third-order valence-corrected chi connectivity index (χ3v) is 1.19. The Morgan fingerprint density at radius 3 is 2.50 bits per heavy atom. The number of carbonyl (C=O) groups excluding carboxylic acids is 1. The SMILES string of the molecule is NNC(=O)C1CC1F. The van der Waals surface area contributed by atoms with E-state index >= 15 is 0 Å². The number of rotatable bonds is 1. The molecule has 0 aromatic carbocycles. The maximum Gasteiger partial charge on any atom is 0.240 e. The fourth-order valence-corrected chi connectivity index (χ4v) is 0.542.